The molecule has 4 aromatic heterocycles. The van der Waals surface area contributed by atoms with E-state index in [2.05, 4.69) is 25.1 Å². The third-order valence-corrected chi connectivity index (χ3v) is 7.45. The first-order valence-corrected chi connectivity index (χ1v) is 13.6. The van der Waals surface area contributed by atoms with Crippen LogP contribution in [0.5, 0.6) is 11.5 Å². The molecule has 206 valence electrons. The summed E-state index contributed by atoms with van der Waals surface area (Å²) in [6.07, 6.45) is 5.85. The summed E-state index contributed by atoms with van der Waals surface area (Å²) < 4.78 is 26.0. The van der Waals surface area contributed by atoms with Gasteiger partial charge in [-0.2, -0.15) is 5.10 Å². The number of likely N-dealkylation sites (tertiary alicyclic amines) is 1. The minimum absolute atomic E-state index is 0.353. The molecule has 0 unspecified atom stereocenters. The van der Waals surface area contributed by atoms with Crippen LogP contribution in [0.2, 0.25) is 0 Å². The van der Waals surface area contributed by atoms with Gasteiger partial charge in [0, 0.05) is 29.9 Å². The van der Waals surface area contributed by atoms with Gasteiger partial charge >= 0.3 is 0 Å². The molecule has 9 nitrogen and oxygen atoms in total. The summed E-state index contributed by atoms with van der Waals surface area (Å²) in [6, 6.07) is 16.3. The molecule has 5 heterocycles. The molecule has 6 aromatic rings. The average Bonchev–Trinajstić information content (AvgIpc) is 3.76. The van der Waals surface area contributed by atoms with Gasteiger partial charge in [-0.25, -0.2) is 14.4 Å². The van der Waals surface area contributed by atoms with Crippen molar-refractivity contribution in [1.82, 2.24) is 35.0 Å². The van der Waals surface area contributed by atoms with E-state index in [9.17, 15) is 4.39 Å². The van der Waals surface area contributed by atoms with E-state index < -0.39 is 0 Å². The maximum Gasteiger partial charge on any atom is 0.161 e. The Kier molecular flexibility index (Phi) is 6.52. The van der Waals surface area contributed by atoms with Gasteiger partial charge in [-0.05, 0) is 67.9 Å². The Morgan fingerprint density at radius 2 is 1.78 bits per heavy atom. The molecule has 7 rings (SSSR count). The Bertz CT molecular complexity index is 1860. The van der Waals surface area contributed by atoms with Gasteiger partial charge in [-0.15, -0.1) is 0 Å². The highest BCUT2D eigenvalue weighted by Gasteiger charge is 2.18. The summed E-state index contributed by atoms with van der Waals surface area (Å²) in [5.41, 5.74) is 6.61. The standard InChI is InChI=1S/C31H28FN7O2/c1-40-23-15-20(17-33-18-23)25-7-8-27-29(34-25)30(38-37-27)31-35-26-6-4-5-24(28(26)36-31)19-13-21(32)16-22(14-19)41-12-11-39-9-2-3-10-39/h4-8,13-18H,2-3,9-12H2,1H3,(H,35,36)(H,37,38). The zero-order valence-corrected chi connectivity index (χ0v) is 22.5. The fourth-order valence-electron chi connectivity index (χ4n) is 5.37. The van der Waals surface area contributed by atoms with Crippen molar-refractivity contribution >= 4 is 22.1 Å². The second kappa shape index (κ2) is 10.6. The fraction of sp³-hybridized carbons (Fsp3) is 0.226. The number of nitrogens with zero attached hydrogens (tertiary/aromatic N) is 5. The lowest BCUT2D eigenvalue weighted by Crippen LogP contribution is -2.25. The molecule has 41 heavy (non-hydrogen) atoms. The minimum Gasteiger partial charge on any atom is -0.495 e. The highest BCUT2D eigenvalue weighted by molar-refractivity contribution is 5.96. The third kappa shape index (κ3) is 4.98. The van der Waals surface area contributed by atoms with Crippen LogP contribution in [-0.4, -0.2) is 68.4 Å². The smallest absolute Gasteiger partial charge is 0.161 e. The molecule has 1 aliphatic rings. The van der Waals surface area contributed by atoms with Crippen molar-refractivity contribution in [1.29, 1.82) is 0 Å². The van der Waals surface area contributed by atoms with Crippen LogP contribution in [0.1, 0.15) is 12.8 Å². The first-order chi connectivity index (χ1) is 20.1. The molecule has 0 atom stereocenters. The molecule has 2 N–H and O–H groups in total. The van der Waals surface area contributed by atoms with E-state index >= 15 is 0 Å². The molecule has 0 aliphatic carbocycles. The fourth-order valence-corrected chi connectivity index (χ4v) is 5.37. The van der Waals surface area contributed by atoms with E-state index in [4.69, 9.17) is 19.4 Å². The Morgan fingerprint density at radius 1 is 0.902 bits per heavy atom. The monoisotopic (exact) mass is 549 g/mol. The minimum atomic E-state index is -0.353. The van der Waals surface area contributed by atoms with E-state index in [0.717, 1.165) is 47.5 Å². The number of pyridine rings is 2. The second-order valence-electron chi connectivity index (χ2n) is 10.1. The van der Waals surface area contributed by atoms with Crippen molar-refractivity contribution in [2.45, 2.75) is 12.8 Å². The van der Waals surface area contributed by atoms with Gasteiger partial charge in [0.1, 0.15) is 29.4 Å². The van der Waals surface area contributed by atoms with E-state index in [0.29, 0.717) is 46.2 Å². The number of ether oxygens (including phenoxy) is 2. The van der Waals surface area contributed by atoms with Gasteiger partial charge in [0.05, 0.1) is 35.6 Å². The topological polar surface area (TPSA) is 105 Å². The highest BCUT2D eigenvalue weighted by atomic mass is 19.1. The van der Waals surface area contributed by atoms with Crippen LogP contribution in [0, 0.1) is 5.82 Å². The summed E-state index contributed by atoms with van der Waals surface area (Å²) in [5, 5.41) is 7.57. The summed E-state index contributed by atoms with van der Waals surface area (Å²) in [7, 11) is 1.61. The number of imidazole rings is 1. The van der Waals surface area contributed by atoms with Gasteiger partial charge in [0.2, 0.25) is 0 Å². The van der Waals surface area contributed by atoms with Crippen LogP contribution in [-0.2, 0) is 0 Å². The molecule has 1 aliphatic heterocycles. The number of aromatic amines is 2. The molecule has 0 amide bonds. The van der Waals surface area contributed by atoms with E-state index in [1.807, 2.05) is 42.5 Å². The second-order valence-corrected chi connectivity index (χ2v) is 10.1. The number of para-hydroxylation sites is 1. The molecular formula is C31H28FN7O2. The predicted octanol–water partition coefficient (Wildman–Crippen LogP) is 5.85. The normalized spacial score (nSPS) is 13.8. The average molecular weight is 550 g/mol. The van der Waals surface area contributed by atoms with E-state index in [1.54, 1.807) is 19.5 Å². The molecule has 0 saturated carbocycles. The van der Waals surface area contributed by atoms with Gasteiger partial charge in [0.15, 0.2) is 11.5 Å². The zero-order valence-electron chi connectivity index (χ0n) is 22.5. The Labute approximate surface area is 235 Å². The number of aromatic nitrogens is 6. The number of methoxy groups -OCH3 is 1. The van der Waals surface area contributed by atoms with Crippen molar-refractivity contribution in [2.24, 2.45) is 0 Å². The third-order valence-electron chi connectivity index (χ3n) is 7.45. The van der Waals surface area contributed by atoms with Crippen LogP contribution in [0.4, 0.5) is 4.39 Å². The molecule has 1 fully saturated rings. The van der Waals surface area contributed by atoms with Crippen molar-refractivity contribution in [3.8, 4) is 45.4 Å². The van der Waals surface area contributed by atoms with E-state index in [-0.39, 0.29) is 5.82 Å². The summed E-state index contributed by atoms with van der Waals surface area (Å²) in [4.78, 5) is 19.8. The Balaban J connectivity index is 1.23. The lowest BCUT2D eigenvalue weighted by Gasteiger charge is -2.15. The predicted molar refractivity (Wildman–Crippen MR) is 155 cm³/mol. The number of rotatable bonds is 8. The number of fused-ring (bicyclic) bond motifs is 2. The van der Waals surface area contributed by atoms with Crippen LogP contribution < -0.4 is 9.47 Å². The summed E-state index contributed by atoms with van der Waals surface area (Å²) in [5.74, 6) is 1.37. The quantitative estimate of drug-likeness (QED) is 0.245. The lowest BCUT2D eigenvalue weighted by atomic mass is 10.0. The number of H-pyrrole nitrogens is 2. The molecule has 10 heteroatoms. The van der Waals surface area contributed by atoms with Gasteiger partial charge in [-0.3, -0.25) is 15.0 Å². The molecule has 2 aromatic carbocycles. The molecule has 1 saturated heterocycles. The van der Waals surface area contributed by atoms with E-state index in [1.165, 1.54) is 25.0 Å². The zero-order chi connectivity index (χ0) is 27.8. The number of hydrogen-bond acceptors (Lipinski definition) is 7. The van der Waals surface area contributed by atoms with Crippen LogP contribution in [0.25, 0.3) is 56.0 Å². The van der Waals surface area contributed by atoms with Crippen molar-refractivity contribution in [3.63, 3.8) is 0 Å². The van der Waals surface area contributed by atoms with Crippen LogP contribution in [0.15, 0.2) is 67.0 Å². The van der Waals surface area contributed by atoms with Crippen molar-refractivity contribution < 1.29 is 13.9 Å². The molecule has 0 radical (unpaired) electrons. The Morgan fingerprint density at radius 3 is 2.66 bits per heavy atom. The maximum atomic E-state index is 14.7. The van der Waals surface area contributed by atoms with Gasteiger partial charge < -0.3 is 14.5 Å². The Hall–Kier alpha value is -4.83. The van der Waals surface area contributed by atoms with Crippen molar-refractivity contribution in [2.75, 3.05) is 33.4 Å². The van der Waals surface area contributed by atoms with Crippen molar-refractivity contribution in [3.05, 3.63) is 72.8 Å². The first-order valence-electron chi connectivity index (χ1n) is 13.6. The number of hydrogen-bond donors (Lipinski definition) is 2. The number of benzene rings is 2. The van der Waals surface area contributed by atoms with Crippen LogP contribution in [0.3, 0.4) is 0 Å². The van der Waals surface area contributed by atoms with Gasteiger partial charge in [0.25, 0.3) is 0 Å². The molecule has 0 spiro atoms. The largest absolute Gasteiger partial charge is 0.495 e. The molecule has 0 bridgehead atoms. The number of nitrogens with one attached hydrogen (secondary N) is 2. The first kappa shape index (κ1) is 25.2. The van der Waals surface area contributed by atoms with Crippen LogP contribution >= 0.6 is 0 Å². The number of halogens is 1. The van der Waals surface area contributed by atoms with Gasteiger partial charge in [-0.1, -0.05) is 12.1 Å². The highest BCUT2D eigenvalue weighted by Crippen LogP contribution is 2.34. The summed E-state index contributed by atoms with van der Waals surface area (Å²) in [6.45, 7) is 3.56. The lowest BCUT2D eigenvalue weighted by molar-refractivity contribution is 0.237. The SMILES string of the molecule is COc1cncc(-c2ccc3[nH]nc(-c4nc5c(-c6cc(F)cc(OCCN7CCCC7)c6)cccc5[nH]4)c3n2)c1. The summed E-state index contributed by atoms with van der Waals surface area (Å²) >= 11 is 0. The molecular weight excluding hydrogens is 521 g/mol. The maximum absolute atomic E-state index is 14.7.